The minimum Gasteiger partial charge on any atom is -0.478 e. The third kappa shape index (κ3) is 4.43. The van der Waals surface area contributed by atoms with Crippen LogP contribution in [-0.2, 0) is 19.6 Å². The summed E-state index contributed by atoms with van der Waals surface area (Å²) in [5.74, 6) is 0.933. The van der Waals surface area contributed by atoms with Crippen molar-refractivity contribution in [2.24, 2.45) is 11.8 Å². The van der Waals surface area contributed by atoms with Crippen LogP contribution in [-0.4, -0.2) is 61.7 Å². The first-order valence-corrected chi connectivity index (χ1v) is 12.6. The van der Waals surface area contributed by atoms with E-state index < -0.39 is 16.1 Å². The highest BCUT2D eigenvalue weighted by molar-refractivity contribution is 7.89. The molecule has 0 aromatic heterocycles. The zero-order valence-electron chi connectivity index (χ0n) is 18.2. The van der Waals surface area contributed by atoms with Crippen molar-refractivity contribution in [3.05, 3.63) is 18.2 Å². The Labute approximate surface area is 184 Å². The van der Waals surface area contributed by atoms with Crippen molar-refractivity contribution in [2.75, 3.05) is 31.5 Å². The summed E-state index contributed by atoms with van der Waals surface area (Å²) in [7, 11) is -3.71. The second kappa shape index (κ2) is 8.78. The van der Waals surface area contributed by atoms with Gasteiger partial charge in [0.25, 0.3) is 5.91 Å². The second-order valence-electron chi connectivity index (χ2n) is 8.85. The molecule has 0 saturated carbocycles. The molecule has 0 aliphatic carbocycles. The summed E-state index contributed by atoms with van der Waals surface area (Å²) in [6.45, 7) is 6.32. The largest absolute Gasteiger partial charge is 0.478 e. The molecule has 170 valence electrons. The molecule has 3 aliphatic rings. The molecule has 1 atom stereocenters. The molecule has 4 rings (SSSR count). The van der Waals surface area contributed by atoms with Gasteiger partial charge in [-0.2, -0.15) is 4.31 Å². The molecule has 2 saturated heterocycles. The molecule has 1 N–H and O–H groups in total. The van der Waals surface area contributed by atoms with Crippen molar-refractivity contribution in [3.8, 4) is 5.75 Å². The van der Waals surface area contributed by atoms with Crippen LogP contribution in [0.5, 0.6) is 5.75 Å². The maximum Gasteiger partial charge on any atom is 0.265 e. The van der Waals surface area contributed by atoms with Gasteiger partial charge in [-0.1, -0.05) is 13.8 Å². The topological polar surface area (TPSA) is 96.0 Å². The average molecular weight is 450 g/mol. The summed E-state index contributed by atoms with van der Waals surface area (Å²) in [6, 6.07) is 4.57. The molecule has 31 heavy (non-hydrogen) atoms. The number of likely N-dealkylation sites (tertiary alicyclic amines) is 1. The summed E-state index contributed by atoms with van der Waals surface area (Å²) < 4.78 is 33.4. The van der Waals surface area contributed by atoms with Gasteiger partial charge < -0.3 is 15.0 Å². The SMILES string of the molecule is CC[C@H]1Oc2ccc(S(=O)(=O)N3CCC(C(=O)N4CCC(C)CC4)CC3)cc2NC1=O. The van der Waals surface area contributed by atoms with Crippen molar-refractivity contribution in [2.45, 2.75) is 57.0 Å². The van der Waals surface area contributed by atoms with Crippen LogP contribution in [0.3, 0.4) is 0 Å². The van der Waals surface area contributed by atoms with E-state index in [0.29, 0.717) is 49.7 Å². The van der Waals surface area contributed by atoms with E-state index in [9.17, 15) is 18.0 Å². The van der Waals surface area contributed by atoms with Gasteiger partial charge in [0.1, 0.15) is 5.75 Å². The van der Waals surface area contributed by atoms with E-state index in [1.807, 2.05) is 11.8 Å². The van der Waals surface area contributed by atoms with Gasteiger partial charge in [0.2, 0.25) is 15.9 Å². The third-order valence-corrected chi connectivity index (χ3v) is 8.57. The van der Waals surface area contributed by atoms with Crippen LogP contribution in [0.1, 0.15) is 46.0 Å². The van der Waals surface area contributed by atoms with Gasteiger partial charge in [0.15, 0.2) is 6.10 Å². The Morgan fingerprint density at radius 1 is 1.13 bits per heavy atom. The van der Waals surface area contributed by atoms with E-state index in [2.05, 4.69) is 12.2 Å². The van der Waals surface area contributed by atoms with Crippen LogP contribution in [0.2, 0.25) is 0 Å². The molecular formula is C22H31N3O5S. The highest BCUT2D eigenvalue weighted by atomic mass is 32.2. The van der Waals surface area contributed by atoms with Crippen molar-refractivity contribution < 1.29 is 22.7 Å². The highest BCUT2D eigenvalue weighted by Crippen LogP contribution is 2.34. The smallest absolute Gasteiger partial charge is 0.265 e. The van der Waals surface area contributed by atoms with Crippen molar-refractivity contribution in [3.63, 3.8) is 0 Å². The van der Waals surface area contributed by atoms with Crippen LogP contribution >= 0.6 is 0 Å². The number of carbonyl (C=O) groups excluding carboxylic acids is 2. The van der Waals surface area contributed by atoms with E-state index in [4.69, 9.17) is 4.74 Å². The number of rotatable bonds is 4. The Balaban J connectivity index is 1.41. The lowest BCUT2D eigenvalue weighted by atomic mass is 9.93. The molecule has 8 nitrogen and oxygen atoms in total. The molecule has 0 radical (unpaired) electrons. The molecule has 0 unspecified atom stereocenters. The number of amides is 2. The molecule has 3 heterocycles. The highest BCUT2D eigenvalue weighted by Gasteiger charge is 2.35. The zero-order valence-corrected chi connectivity index (χ0v) is 19.0. The van der Waals surface area contributed by atoms with E-state index in [-0.39, 0.29) is 22.6 Å². The van der Waals surface area contributed by atoms with Crippen LogP contribution in [0.25, 0.3) is 0 Å². The Bertz CT molecular complexity index is 948. The van der Waals surface area contributed by atoms with E-state index in [1.165, 1.54) is 16.4 Å². The number of hydrogen-bond donors (Lipinski definition) is 1. The first-order chi connectivity index (χ1) is 14.8. The van der Waals surface area contributed by atoms with Crippen LogP contribution in [0, 0.1) is 11.8 Å². The van der Waals surface area contributed by atoms with Gasteiger partial charge in [-0.05, 0) is 56.2 Å². The first-order valence-electron chi connectivity index (χ1n) is 11.2. The molecule has 0 bridgehead atoms. The molecule has 3 aliphatic heterocycles. The standard InChI is InChI=1S/C22H31N3O5S/c1-3-19-21(26)23-18-14-17(4-5-20(18)30-19)31(28,29)25-12-8-16(9-13-25)22(27)24-10-6-15(2)7-11-24/h4-5,14-16,19H,3,6-13H2,1-2H3,(H,23,26)/t19-/m1/s1. The van der Waals surface area contributed by atoms with E-state index in [0.717, 1.165) is 25.9 Å². The van der Waals surface area contributed by atoms with Crippen molar-refractivity contribution >= 4 is 27.5 Å². The van der Waals surface area contributed by atoms with Crippen LogP contribution in [0.15, 0.2) is 23.1 Å². The van der Waals surface area contributed by atoms with Crippen molar-refractivity contribution in [1.29, 1.82) is 0 Å². The number of nitrogens with one attached hydrogen (secondary N) is 1. The quantitative estimate of drug-likeness (QED) is 0.762. The summed E-state index contributed by atoms with van der Waals surface area (Å²) in [6.07, 6.45) is 3.12. The lowest BCUT2D eigenvalue weighted by Gasteiger charge is -2.36. The number of carbonyl (C=O) groups is 2. The number of nitrogens with zero attached hydrogens (tertiary/aromatic N) is 2. The maximum atomic E-state index is 13.2. The second-order valence-corrected chi connectivity index (χ2v) is 10.8. The fraction of sp³-hybridized carbons (Fsp3) is 0.636. The number of piperidine rings is 2. The summed E-state index contributed by atoms with van der Waals surface area (Å²) in [5, 5.41) is 2.74. The normalized spacial score (nSPS) is 23.7. The van der Waals surface area contributed by atoms with E-state index >= 15 is 0 Å². The lowest BCUT2D eigenvalue weighted by molar-refractivity contribution is -0.138. The molecule has 9 heteroatoms. The Hall–Kier alpha value is -2.13. The Morgan fingerprint density at radius 2 is 1.81 bits per heavy atom. The number of anilines is 1. The number of benzene rings is 1. The molecule has 2 fully saturated rings. The predicted molar refractivity (Wildman–Crippen MR) is 116 cm³/mol. The van der Waals surface area contributed by atoms with Gasteiger partial charge in [-0.25, -0.2) is 8.42 Å². The number of ether oxygens (including phenoxy) is 1. The fourth-order valence-electron chi connectivity index (χ4n) is 4.54. The van der Waals surface area contributed by atoms with Crippen LogP contribution < -0.4 is 10.1 Å². The monoisotopic (exact) mass is 449 g/mol. The minimum atomic E-state index is -3.71. The lowest BCUT2D eigenvalue weighted by Crippen LogP contribution is -2.46. The van der Waals surface area contributed by atoms with Crippen LogP contribution in [0.4, 0.5) is 5.69 Å². The maximum absolute atomic E-state index is 13.2. The number of hydrogen-bond acceptors (Lipinski definition) is 5. The molecule has 1 aromatic carbocycles. The first kappa shape index (κ1) is 22.1. The third-order valence-electron chi connectivity index (χ3n) is 6.68. The van der Waals surface area contributed by atoms with Gasteiger partial charge in [0.05, 0.1) is 10.6 Å². The van der Waals surface area contributed by atoms with Gasteiger partial charge in [-0.15, -0.1) is 0 Å². The summed E-state index contributed by atoms with van der Waals surface area (Å²) >= 11 is 0. The molecular weight excluding hydrogens is 418 g/mol. The minimum absolute atomic E-state index is 0.109. The zero-order chi connectivity index (χ0) is 22.2. The average Bonchev–Trinajstić information content (AvgIpc) is 2.78. The molecule has 2 amide bonds. The van der Waals surface area contributed by atoms with Gasteiger partial charge in [-0.3, -0.25) is 9.59 Å². The Kier molecular flexibility index (Phi) is 6.25. The van der Waals surface area contributed by atoms with Crippen molar-refractivity contribution in [1.82, 2.24) is 9.21 Å². The fourth-order valence-corrected chi connectivity index (χ4v) is 6.03. The summed E-state index contributed by atoms with van der Waals surface area (Å²) in [5.41, 5.74) is 0.375. The van der Waals surface area contributed by atoms with Gasteiger partial charge in [0, 0.05) is 32.1 Å². The molecule has 0 spiro atoms. The number of fused-ring (bicyclic) bond motifs is 1. The molecule has 1 aromatic rings. The van der Waals surface area contributed by atoms with Gasteiger partial charge >= 0.3 is 0 Å². The predicted octanol–water partition coefficient (Wildman–Crippen LogP) is 2.46. The summed E-state index contributed by atoms with van der Waals surface area (Å²) in [4.78, 5) is 27.0. The van der Waals surface area contributed by atoms with E-state index in [1.54, 1.807) is 6.07 Å². The number of sulfonamides is 1. The Morgan fingerprint density at radius 3 is 2.45 bits per heavy atom.